The smallest absolute Gasteiger partial charge is 0.303 e. The summed E-state index contributed by atoms with van der Waals surface area (Å²) in [6.07, 6.45) is 1.10. The molecule has 0 radical (unpaired) electrons. The molecule has 0 aliphatic carbocycles. The molecule has 1 aliphatic heterocycles. The van der Waals surface area contributed by atoms with E-state index >= 15 is 14.4 Å². The minimum atomic E-state index is -1.89. The molecule has 806 valence electrons. The predicted molar refractivity (Wildman–Crippen MR) is 546 cm³/mol. The van der Waals surface area contributed by atoms with Crippen LogP contribution in [0.2, 0.25) is 0 Å². The number of aromatic amines is 2. The summed E-state index contributed by atoms with van der Waals surface area (Å²) in [7, 11) is 0. The lowest BCUT2D eigenvalue weighted by atomic mass is 9.99. The SMILES string of the molecule is CC(C)C[C@H](NC(=O)[C@H](CO)NC(=O)[C@H](C)N)C(=O)N[C@@H](Cc1c[nH]c2ccccc12)C(=O)N[C@@H](CC(C)C)C(=O)N[C@@H](CO)C(=O)N[C@@H](Cc1ccc(O)cc1)C(=O)N[C@@H](CCCNC(=N)N)C(=O)N[C@@H](CS)C(=O)N1CCC[C@H]1C(=O)N[C@@H](CS)C(=O)N[C@@H](CCCNC(=N)N)C(=O)N[C@@H](Cc1ccccc1)C(=O)N[C@@H](Cc1ccccc1)C(=O)N[C@@H](CCC(=O)O)C(=O)N[C@@H](CO)C(=O)N[C@@H](Cc1cnc[nH]1)C(N)=O. The highest BCUT2D eigenvalue weighted by Crippen LogP contribution is 2.24. The lowest BCUT2D eigenvalue weighted by molar-refractivity contribution is -0.142. The number of carbonyl (C=O) groups excluding carboxylic acids is 17. The Bertz CT molecular complexity index is 5520. The van der Waals surface area contributed by atoms with Gasteiger partial charge in [-0.1, -0.05) is 119 Å². The number of carbonyl (C=O) groups is 18. The molecule has 0 saturated carbocycles. The summed E-state index contributed by atoms with van der Waals surface area (Å²) in [6.45, 7) is 5.05. The van der Waals surface area contributed by atoms with Crippen LogP contribution in [-0.4, -0.2) is 317 Å². The molecule has 52 heteroatoms. The molecule has 6 aromatic rings. The van der Waals surface area contributed by atoms with E-state index in [2.05, 4.69) is 131 Å². The summed E-state index contributed by atoms with van der Waals surface area (Å²) >= 11 is 8.82. The minimum Gasteiger partial charge on any atom is -0.508 e. The highest BCUT2D eigenvalue weighted by Gasteiger charge is 2.43. The molecular weight excluding hydrogens is 1960 g/mol. The molecule has 17 amide bonds. The second-order valence-electron chi connectivity index (χ2n) is 36.5. The molecule has 2 aromatic heterocycles. The number of aliphatic hydroxyl groups excluding tert-OH is 3. The van der Waals surface area contributed by atoms with Crippen molar-refractivity contribution < 1.29 is 112 Å². The fourth-order valence-corrected chi connectivity index (χ4v) is 16.4. The Hall–Kier alpha value is -15.0. The van der Waals surface area contributed by atoms with E-state index in [1.54, 1.807) is 119 Å². The zero-order chi connectivity index (χ0) is 109. The number of carboxylic acid groups (broad SMARTS) is 1. The third kappa shape index (κ3) is 39.4. The molecule has 17 atom stereocenters. The average Bonchev–Trinajstić information content (AvgIpc) is 1.67. The normalized spacial score (nSPS) is 15.5. The number of benzene rings is 4. The number of guanidine groups is 2. The van der Waals surface area contributed by atoms with E-state index in [0.29, 0.717) is 38.9 Å². The van der Waals surface area contributed by atoms with Crippen molar-refractivity contribution in [2.24, 2.45) is 34.8 Å². The number of carboxylic acids is 1. The molecule has 148 heavy (non-hydrogen) atoms. The number of amides is 17. The van der Waals surface area contributed by atoms with Crippen molar-refractivity contribution in [3.63, 3.8) is 0 Å². The number of phenols is 1. The number of nitrogens with one attached hydrogen (secondary N) is 21. The number of aromatic hydroxyl groups is 1. The number of phenolic OH excluding ortho intramolecular Hbond substituents is 1. The van der Waals surface area contributed by atoms with Crippen LogP contribution in [0.15, 0.2) is 128 Å². The van der Waals surface area contributed by atoms with Crippen molar-refractivity contribution >= 4 is 154 Å². The molecule has 0 spiro atoms. The van der Waals surface area contributed by atoms with Gasteiger partial charge in [0.05, 0.1) is 32.2 Å². The van der Waals surface area contributed by atoms with Crippen LogP contribution in [0, 0.1) is 22.7 Å². The summed E-state index contributed by atoms with van der Waals surface area (Å²) < 4.78 is 0. The van der Waals surface area contributed by atoms with Crippen LogP contribution in [-0.2, 0) is 118 Å². The number of hydrogen-bond donors (Lipinski definition) is 32. The lowest BCUT2D eigenvalue weighted by Gasteiger charge is -2.30. The van der Waals surface area contributed by atoms with Gasteiger partial charge in [-0.15, -0.1) is 0 Å². The molecule has 0 unspecified atom stereocenters. The molecule has 4 aromatic carbocycles. The van der Waals surface area contributed by atoms with E-state index < -0.39 is 272 Å². The number of fused-ring (bicyclic) bond motifs is 1. The average molecular weight is 2100 g/mol. The standard InChI is InChI=1S/C96H137N27O23S2/c1-50(2)35-65(113-90(142)71(44-124)118-79(131)52(5)97)83(135)117-70(40-56-42-106-60-22-13-12-21-59(56)60)88(140)112-66(36-51(3)4)84(136)120-73(46-126)91(143)116-69(39-55-26-28-58(127)29-27-55)85(137)108-62(24-15-33-105-96(101)102)81(133)122-75(48-148)94(146)123-34-16-25-76(123)93(145)121-74(47-147)92(144)109-61(23-14-32-104-95(99)100)80(132)114-68(38-54-19-10-7-11-20-54)87(139)115-67(37-53-17-8-6-9-18-53)86(138)110-63(30-31-77(128)129)82(134)119-72(45-125)89(141)111-64(78(98)130)41-57-43-103-49-107-57/h6-13,17-22,26-29,42-43,49-52,61-76,106,124-127,147-148H,14-16,23-25,30-41,44-48,97H2,1-5H3,(H2,98,130)(H,103,107)(H,108,137)(H,109,144)(H,110,138)(H,111,141)(H,112,140)(H,113,142)(H,114,132)(H,115,139)(H,116,143)(H,117,135)(H,118,131)(H,119,134)(H,120,136)(H,121,145)(H,122,133)(H,128,129)(H4,99,100,104)(H4,101,102,105)/t52-,61-,62-,63-,64-,65-,66-,67-,68-,69-,70-,71-,72-,73-,74-,75-,76-/m0/s1. The first-order chi connectivity index (χ1) is 70.4. The number of aromatic nitrogens is 3. The van der Waals surface area contributed by atoms with E-state index in [1.165, 1.54) is 43.7 Å². The van der Waals surface area contributed by atoms with Crippen molar-refractivity contribution in [1.82, 2.24) is 110 Å². The van der Waals surface area contributed by atoms with Crippen molar-refractivity contribution in [3.8, 4) is 5.75 Å². The molecule has 3 heterocycles. The Labute approximate surface area is 863 Å². The second kappa shape index (κ2) is 60.8. The van der Waals surface area contributed by atoms with Crippen LogP contribution in [0.3, 0.4) is 0 Å². The summed E-state index contributed by atoms with van der Waals surface area (Å²) in [5.41, 5.74) is 25.2. The van der Waals surface area contributed by atoms with Gasteiger partial charge in [0.1, 0.15) is 102 Å². The van der Waals surface area contributed by atoms with E-state index in [4.69, 9.17) is 33.8 Å². The number of nitrogens with two attached hydrogens (primary N) is 4. The molecule has 0 bridgehead atoms. The second-order valence-corrected chi connectivity index (χ2v) is 37.2. The number of likely N-dealkylation sites (tertiary alicyclic amines) is 1. The fraction of sp³-hybridized carbons (Fsp3) is 0.490. The summed E-state index contributed by atoms with van der Waals surface area (Å²) in [5.74, 6) is -21.0. The third-order valence-electron chi connectivity index (χ3n) is 23.7. The Balaban J connectivity index is 1.08. The molecule has 1 saturated heterocycles. The maximum atomic E-state index is 15.1. The molecule has 7 rings (SSSR count). The van der Waals surface area contributed by atoms with E-state index in [9.17, 15) is 97.5 Å². The van der Waals surface area contributed by atoms with Gasteiger partial charge in [-0.05, 0) is 117 Å². The number of aliphatic carboxylic acids is 1. The molecule has 1 aliphatic rings. The number of aliphatic hydroxyl groups is 3. The number of rotatable bonds is 62. The van der Waals surface area contributed by atoms with Gasteiger partial charge in [-0.25, -0.2) is 4.98 Å². The largest absolute Gasteiger partial charge is 0.508 e. The molecule has 1 fully saturated rings. The third-order valence-corrected chi connectivity index (χ3v) is 24.4. The van der Waals surface area contributed by atoms with E-state index in [0.717, 1.165) is 4.90 Å². The molecule has 50 nitrogen and oxygen atoms in total. The quantitative estimate of drug-likeness (QED) is 0.00731. The number of H-pyrrole nitrogens is 2. The zero-order valence-electron chi connectivity index (χ0n) is 82.5. The van der Waals surface area contributed by atoms with Crippen LogP contribution in [0.1, 0.15) is 127 Å². The topological polar surface area (TPSA) is 812 Å². The maximum absolute atomic E-state index is 15.1. The van der Waals surface area contributed by atoms with Crippen LogP contribution in [0.25, 0.3) is 10.9 Å². The Morgan fingerprint density at radius 2 is 0.791 bits per heavy atom. The Kier molecular flexibility index (Phi) is 49.3. The number of para-hydroxylation sites is 1. The van der Waals surface area contributed by atoms with Gasteiger partial charge in [0, 0.05) is 98.7 Å². The monoisotopic (exact) mass is 2100 g/mol. The first-order valence-corrected chi connectivity index (χ1v) is 49.4. The van der Waals surface area contributed by atoms with Gasteiger partial charge < -0.3 is 154 Å². The number of primary amides is 1. The van der Waals surface area contributed by atoms with Crippen molar-refractivity contribution in [2.45, 2.75) is 234 Å². The summed E-state index contributed by atoms with van der Waals surface area (Å²) in [5, 5.41) is 111. The number of hydrogen-bond acceptors (Lipinski definition) is 28. The molecular formula is C96H137N27O23S2. The van der Waals surface area contributed by atoms with Gasteiger partial charge >= 0.3 is 5.97 Å². The maximum Gasteiger partial charge on any atom is 0.303 e. The van der Waals surface area contributed by atoms with E-state index in [1.807, 2.05) is 0 Å². The highest BCUT2D eigenvalue weighted by molar-refractivity contribution is 7.80. The van der Waals surface area contributed by atoms with Crippen molar-refractivity contribution in [1.29, 1.82) is 10.8 Å². The van der Waals surface area contributed by atoms with E-state index in [-0.39, 0.29) is 114 Å². The zero-order valence-corrected chi connectivity index (χ0v) is 84.3. The Morgan fingerprint density at radius 3 is 1.20 bits per heavy atom. The predicted octanol–water partition coefficient (Wildman–Crippen LogP) is -6.47. The van der Waals surface area contributed by atoms with Gasteiger partial charge in [-0.2, -0.15) is 25.3 Å². The van der Waals surface area contributed by atoms with Crippen LogP contribution in [0.5, 0.6) is 5.75 Å². The van der Waals surface area contributed by atoms with Gasteiger partial charge in [0.15, 0.2) is 11.9 Å². The summed E-state index contributed by atoms with van der Waals surface area (Å²) in [4.78, 5) is 267. The number of imidazole rings is 1. The summed E-state index contributed by atoms with van der Waals surface area (Å²) in [6, 6.07) is 2.21. The minimum absolute atomic E-state index is 0.00682. The molecule has 34 N–H and O–H groups in total. The van der Waals surface area contributed by atoms with Gasteiger partial charge in [-0.3, -0.25) is 97.1 Å². The van der Waals surface area contributed by atoms with Crippen molar-refractivity contribution in [2.75, 3.05) is 51.0 Å². The van der Waals surface area contributed by atoms with Crippen molar-refractivity contribution in [3.05, 3.63) is 156 Å². The Morgan fingerprint density at radius 1 is 0.426 bits per heavy atom. The van der Waals surface area contributed by atoms with Crippen LogP contribution >= 0.6 is 25.3 Å². The first-order valence-electron chi connectivity index (χ1n) is 48.1. The fourth-order valence-electron chi connectivity index (χ4n) is 15.9. The van der Waals surface area contributed by atoms with Crippen LogP contribution in [0.4, 0.5) is 0 Å². The lowest BCUT2D eigenvalue weighted by Crippen LogP contribution is -2.62. The van der Waals surface area contributed by atoms with Crippen LogP contribution < -0.4 is 113 Å². The number of nitrogens with zero attached hydrogens (tertiary/aromatic N) is 2. The van der Waals surface area contributed by atoms with Gasteiger partial charge in [0.2, 0.25) is 100 Å². The number of thiol groups is 2. The first kappa shape index (κ1) is 120. The van der Waals surface area contributed by atoms with Gasteiger partial charge in [0.25, 0.3) is 0 Å². The highest BCUT2D eigenvalue weighted by atomic mass is 32.1.